The van der Waals surface area contributed by atoms with Crippen molar-refractivity contribution in [2.24, 2.45) is 7.05 Å². The number of nitrogens with zero attached hydrogens (tertiary/aromatic N) is 4. The van der Waals surface area contributed by atoms with E-state index in [0.717, 1.165) is 18.7 Å². The lowest BCUT2D eigenvalue weighted by Crippen LogP contribution is -2.49. The van der Waals surface area contributed by atoms with Gasteiger partial charge in [0.25, 0.3) is 0 Å². The van der Waals surface area contributed by atoms with Crippen molar-refractivity contribution in [2.75, 3.05) is 19.7 Å². The molecule has 1 N–H and O–H groups in total. The summed E-state index contributed by atoms with van der Waals surface area (Å²) in [7, 11) is 1.81. The summed E-state index contributed by atoms with van der Waals surface area (Å²) in [6.45, 7) is 2.20. The van der Waals surface area contributed by atoms with Crippen LogP contribution < -0.4 is 5.32 Å². The van der Waals surface area contributed by atoms with Gasteiger partial charge in [-0.1, -0.05) is 30.3 Å². The molecule has 0 bridgehead atoms. The number of aryl methyl sites for hydroxylation is 2. The minimum absolute atomic E-state index is 0.0778. The van der Waals surface area contributed by atoms with Crippen molar-refractivity contribution in [1.29, 1.82) is 0 Å². The van der Waals surface area contributed by atoms with E-state index in [2.05, 4.69) is 27.5 Å². The molecule has 1 atom stereocenters. The Hall–Kier alpha value is -2.41. The van der Waals surface area contributed by atoms with Crippen LogP contribution in [0.3, 0.4) is 0 Å². The molecule has 2 heterocycles. The number of ether oxygens (including phenoxy) is 1. The number of carbonyl (C=O) groups is 1. The number of nitrogens with one attached hydrogen (secondary N) is 1. The van der Waals surface area contributed by atoms with Crippen LogP contribution in [0, 0.1) is 0 Å². The topological polar surface area (TPSA) is 72.3 Å². The number of aromatic nitrogens is 3. The van der Waals surface area contributed by atoms with Crippen molar-refractivity contribution in [3.05, 3.63) is 48.0 Å². The van der Waals surface area contributed by atoms with E-state index in [0.29, 0.717) is 26.2 Å². The lowest BCUT2D eigenvalue weighted by atomic mass is 10.1. The highest BCUT2D eigenvalue weighted by atomic mass is 16.5. The summed E-state index contributed by atoms with van der Waals surface area (Å²) in [5.41, 5.74) is 1.30. The molecule has 1 aliphatic heterocycles. The number of morpholine rings is 1. The quantitative estimate of drug-likeness (QED) is 0.899. The highest BCUT2D eigenvalue weighted by Crippen LogP contribution is 2.12. The van der Waals surface area contributed by atoms with Gasteiger partial charge in [0.15, 0.2) is 0 Å². The molecule has 1 aromatic carbocycles. The standard InChI is InChI=1S/C17H23N5O2/c1-21-16(19-13-20-21)11-18-17(23)22-9-10-24-15(12-22)8-7-14-5-3-2-4-6-14/h2-6,13,15H,7-12H2,1H3,(H,18,23)/t15-/m1/s1. The fraction of sp³-hybridized carbons (Fsp3) is 0.471. The first kappa shape index (κ1) is 16.4. The maximum absolute atomic E-state index is 12.3. The lowest BCUT2D eigenvalue weighted by molar-refractivity contribution is -0.0176. The molecule has 2 amide bonds. The molecule has 0 aliphatic carbocycles. The van der Waals surface area contributed by atoms with Gasteiger partial charge in [-0.05, 0) is 18.4 Å². The van der Waals surface area contributed by atoms with Crippen molar-refractivity contribution >= 4 is 6.03 Å². The molecular formula is C17H23N5O2. The van der Waals surface area contributed by atoms with Crippen molar-refractivity contribution in [1.82, 2.24) is 25.0 Å². The van der Waals surface area contributed by atoms with Crippen LogP contribution in [0.1, 0.15) is 17.8 Å². The Kier molecular flexibility index (Phi) is 5.43. The van der Waals surface area contributed by atoms with E-state index in [4.69, 9.17) is 4.74 Å². The zero-order chi connectivity index (χ0) is 16.8. The first-order valence-corrected chi connectivity index (χ1v) is 8.23. The molecule has 1 aliphatic rings. The van der Waals surface area contributed by atoms with Gasteiger partial charge in [0, 0.05) is 20.1 Å². The number of hydrogen-bond acceptors (Lipinski definition) is 4. The molecular weight excluding hydrogens is 306 g/mol. The van der Waals surface area contributed by atoms with Crippen LogP contribution in [0.15, 0.2) is 36.7 Å². The molecule has 0 spiro atoms. The molecule has 3 rings (SSSR count). The van der Waals surface area contributed by atoms with Crippen LogP contribution >= 0.6 is 0 Å². The number of urea groups is 1. The van der Waals surface area contributed by atoms with Crippen LogP contribution in [-0.2, 0) is 24.8 Å². The Bertz CT molecular complexity index is 658. The molecule has 7 heteroatoms. The molecule has 128 valence electrons. The van der Waals surface area contributed by atoms with Gasteiger partial charge in [-0.25, -0.2) is 9.78 Å². The van der Waals surface area contributed by atoms with E-state index < -0.39 is 0 Å². The highest BCUT2D eigenvalue weighted by Gasteiger charge is 2.24. The van der Waals surface area contributed by atoms with Crippen molar-refractivity contribution in [2.45, 2.75) is 25.5 Å². The van der Waals surface area contributed by atoms with Gasteiger partial charge in [-0.15, -0.1) is 0 Å². The number of benzene rings is 1. The summed E-state index contributed by atoms with van der Waals surface area (Å²) in [5.74, 6) is 0.734. The summed E-state index contributed by atoms with van der Waals surface area (Å²) in [6.07, 6.45) is 3.44. The first-order chi connectivity index (χ1) is 11.7. The maximum atomic E-state index is 12.3. The van der Waals surface area contributed by atoms with Crippen LogP contribution in [0.5, 0.6) is 0 Å². The Morgan fingerprint density at radius 1 is 1.38 bits per heavy atom. The van der Waals surface area contributed by atoms with E-state index in [1.165, 1.54) is 11.9 Å². The number of hydrogen-bond donors (Lipinski definition) is 1. The Balaban J connectivity index is 1.46. The summed E-state index contributed by atoms with van der Waals surface area (Å²) in [6, 6.07) is 10.3. The minimum atomic E-state index is -0.0778. The molecule has 2 aromatic rings. The summed E-state index contributed by atoms with van der Waals surface area (Å²) >= 11 is 0. The number of carbonyl (C=O) groups excluding carboxylic acids is 1. The fourth-order valence-electron chi connectivity index (χ4n) is 2.80. The van der Waals surface area contributed by atoms with Crippen molar-refractivity contribution < 1.29 is 9.53 Å². The van der Waals surface area contributed by atoms with Gasteiger partial charge < -0.3 is 15.0 Å². The molecule has 1 fully saturated rings. The van der Waals surface area contributed by atoms with Crippen molar-refractivity contribution in [3.8, 4) is 0 Å². The SMILES string of the molecule is Cn1ncnc1CNC(=O)N1CCO[C@H](CCc2ccccc2)C1. The van der Waals surface area contributed by atoms with Crippen LogP contribution in [0.25, 0.3) is 0 Å². The first-order valence-electron chi connectivity index (χ1n) is 8.23. The van der Waals surface area contributed by atoms with Gasteiger partial charge in [-0.2, -0.15) is 5.10 Å². The third-order valence-electron chi connectivity index (χ3n) is 4.23. The smallest absolute Gasteiger partial charge is 0.317 e. The molecule has 0 radical (unpaired) electrons. The summed E-state index contributed by atoms with van der Waals surface area (Å²) < 4.78 is 7.46. The molecule has 24 heavy (non-hydrogen) atoms. The molecule has 1 saturated heterocycles. The van der Waals surface area contributed by atoms with Gasteiger partial charge in [-0.3, -0.25) is 4.68 Å². The second-order valence-corrected chi connectivity index (χ2v) is 5.92. The summed E-state index contributed by atoms with van der Waals surface area (Å²) in [5, 5.41) is 6.89. The Morgan fingerprint density at radius 2 is 2.21 bits per heavy atom. The monoisotopic (exact) mass is 329 g/mol. The van der Waals surface area contributed by atoms with Gasteiger partial charge in [0.2, 0.25) is 0 Å². The fourth-order valence-corrected chi connectivity index (χ4v) is 2.80. The number of rotatable bonds is 5. The maximum Gasteiger partial charge on any atom is 0.317 e. The molecule has 0 saturated carbocycles. The van der Waals surface area contributed by atoms with Gasteiger partial charge in [0.05, 0.1) is 19.3 Å². The largest absolute Gasteiger partial charge is 0.375 e. The zero-order valence-corrected chi connectivity index (χ0v) is 13.9. The number of amides is 2. The van der Waals surface area contributed by atoms with Gasteiger partial charge >= 0.3 is 6.03 Å². The van der Waals surface area contributed by atoms with E-state index in [9.17, 15) is 4.79 Å². The average Bonchev–Trinajstić information content (AvgIpc) is 3.04. The second-order valence-electron chi connectivity index (χ2n) is 5.92. The Morgan fingerprint density at radius 3 is 2.96 bits per heavy atom. The minimum Gasteiger partial charge on any atom is -0.375 e. The zero-order valence-electron chi connectivity index (χ0n) is 13.9. The molecule has 0 unspecified atom stereocenters. The molecule has 7 nitrogen and oxygen atoms in total. The average molecular weight is 329 g/mol. The van der Waals surface area contributed by atoms with E-state index >= 15 is 0 Å². The third-order valence-corrected chi connectivity index (χ3v) is 4.23. The van der Waals surface area contributed by atoms with Crippen LogP contribution in [0.4, 0.5) is 4.79 Å². The van der Waals surface area contributed by atoms with Gasteiger partial charge in [0.1, 0.15) is 12.2 Å². The third kappa shape index (κ3) is 4.32. The lowest BCUT2D eigenvalue weighted by Gasteiger charge is -2.33. The Labute approximate surface area is 141 Å². The normalized spacial score (nSPS) is 17.7. The van der Waals surface area contributed by atoms with E-state index in [1.807, 2.05) is 30.1 Å². The van der Waals surface area contributed by atoms with E-state index in [-0.39, 0.29) is 12.1 Å². The predicted molar refractivity (Wildman–Crippen MR) is 89.3 cm³/mol. The highest BCUT2D eigenvalue weighted by molar-refractivity contribution is 5.74. The van der Waals surface area contributed by atoms with E-state index in [1.54, 1.807) is 4.68 Å². The van der Waals surface area contributed by atoms with Crippen LogP contribution in [0.2, 0.25) is 0 Å². The summed E-state index contributed by atoms with van der Waals surface area (Å²) in [4.78, 5) is 18.2. The predicted octanol–water partition coefficient (Wildman–Crippen LogP) is 1.36. The molecule has 1 aromatic heterocycles. The van der Waals surface area contributed by atoms with Crippen LogP contribution in [-0.4, -0.2) is 51.5 Å². The second kappa shape index (κ2) is 7.92. The van der Waals surface area contributed by atoms with Crippen molar-refractivity contribution in [3.63, 3.8) is 0 Å².